The molecular formula is C16H15ClN6O3. The van der Waals surface area contributed by atoms with Crippen LogP contribution >= 0.6 is 11.6 Å². The van der Waals surface area contributed by atoms with Crippen molar-refractivity contribution in [3.63, 3.8) is 0 Å². The number of aromatic nitrogens is 5. The van der Waals surface area contributed by atoms with Crippen LogP contribution in [0.5, 0.6) is 0 Å². The van der Waals surface area contributed by atoms with Gasteiger partial charge in [-0.1, -0.05) is 16.8 Å². The predicted octanol–water partition coefficient (Wildman–Crippen LogP) is 1.75. The van der Waals surface area contributed by atoms with Gasteiger partial charge in [0, 0.05) is 19.3 Å². The number of carboxylic acids is 1. The van der Waals surface area contributed by atoms with Gasteiger partial charge in [-0.2, -0.15) is 5.10 Å². The molecule has 26 heavy (non-hydrogen) atoms. The van der Waals surface area contributed by atoms with Crippen LogP contribution in [0, 0.1) is 0 Å². The van der Waals surface area contributed by atoms with Crippen LogP contribution < -0.4 is 0 Å². The van der Waals surface area contributed by atoms with Crippen molar-refractivity contribution in [3.8, 4) is 0 Å². The summed E-state index contributed by atoms with van der Waals surface area (Å²) in [5, 5.41) is 21.2. The number of piperidine rings is 1. The summed E-state index contributed by atoms with van der Waals surface area (Å²) in [5.74, 6) is -1.28. The third-order valence-corrected chi connectivity index (χ3v) is 4.81. The highest BCUT2D eigenvalue weighted by atomic mass is 35.5. The summed E-state index contributed by atoms with van der Waals surface area (Å²) in [6.07, 6.45) is 6.23. The van der Waals surface area contributed by atoms with E-state index in [0.29, 0.717) is 29.2 Å². The van der Waals surface area contributed by atoms with Crippen molar-refractivity contribution >= 4 is 29.0 Å². The summed E-state index contributed by atoms with van der Waals surface area (Å²) in [5.41, 5.74) is 0.916. The van der Waals surface area contributed by atoms with Gasteiger partial charge in [0.1, 0.15) is 0 Å². The average molecular weight is 375 g/mol. The zero-order valence-electron chi connectivity index (χ0n) is 13.6. The standard InChI is InChI=1S/C16H15ClN6O3/c17-12-4-2-6-22-14(12)11(7-18-22)15(24)21-5-1-3-10(8-21)23-9-13(16(25)26)19-20-23/h2,4,6-7,9-10H,1,3,5,8H2,(H,25,26). The Kier molecular flexibility index (Phi) is 4.08. The Morgan fingerprint density at radius 1 is 1.35 bits per heavy atom. The Morgan fingerprint density at radius 3 is 2.96 bits per heavy atom. The summed E-state index contributed by atoms with van der Waals surface area (Å²) in [6, 6.07) is 3.36. The van der Waals surface area contributed by atoms with E-state index in [-0.39, 0.29) is 17.6 Å². The molecule has 1 amide bonds. The van der Waals surface area contributed by atoms with Gasteiger partial charge in [0.05, 0.1) is 34.5 Å². The third kappa shape index (κ3) is 2.80. The molecule has 3 aromatic rings. The van der Waals surface area contributed by atoms with E-state index in [1.165, 1.54) is 17.1 Å². The number of hydrogen-bond acceptors (Lipinski definition) is 5. The zero-order valence-corrected chi connectivity index (χ0v) is 14.4. The maximum atomic E-state index is 13.0. The molecular weight excluding hydrogens is 360 g/mol. The Morgan fingerprint density at radius 2 is 2.19 bits per heavy atom. The van der Waals surface area contributed by atoms with Crippen molar-refractivity contribution in [1.82, 2.24) is 29.5 Å². The SMILES string of the molecule is O=C(O)c1cn(C2CCCN(C(=O)c3cnn4cccc(Cl)c34)C2)nn1. The minimum Gasteiger partial charge on any atom is -0.476 e. The Labute approximate surface area is 152 Å². The normalized spacial score (nSPS) is 17.6. The molecule has 0 spiro atoms. The van der Waals surface area contributed by atoms with Gasteiger partial charge in [-0.05, 0) is 25.0 Å². The number of rotatable bonds is 3. The number of halogens is 1. The van der Waals surface area contributed by atoms with E-state index in [0.717, 1.165) is 12.8 Å². The lowest BCUT2D eigenvalue weighted by atomic mass is 10.0. The maximum Gasteiger partial charge on any atom is 0.358 e. The molecule has 9 nitrogen and oxygen atoms in total. The second kappa shape index (κ2) is 6.41. The molecule has 0 radical (unpaired) electrons. The van der Waals surface area contributed by atoms with Gasteiger partial charge in [-0.25, -0.2) is 14.0 Å². The number of pyridine rings is 1. The van der Waals surface area contributed by atoms with Gasteiger partial charge in [-0.3, -0.25) is 4.79 Å². The number of fused-ring (bicyclic) bond motifs is 1. The molecule has 10 heteroatoms. The van der Waals surface area contributed by atoms with Crippen LogP contribution in [-0.4, -0.2) is 59.6 Å². The zero-order chi connectivity index (χ0) is 18.3. The monoisotopic (exact) mass is 374 g/mol. The number of hydrogen-bond donors (Lipinski definition) is 1. The first kappa shape index (κ1) is 16.5. The second-order valence-electron chi connectivity index (χ2n) is 6.14. The number of nitrogens with zero attached hydrogens (tertiary/aromatic N) is 6. The van der Waals surface area contributed by atoms with Gasteiger partial charge in [-0.15, -0.1) is 5.10 Å². The van der Waals surface area contributed by atoms with Gasteiger partial charge in [0.15, 0.2) is 5.69 Å². The maximum absolute atomic E-state index is 13.0. The molecule has 3 aromatic heterocycles. The quantitative estimate of drug-likeness (QED) is 0.748. The summed E-state index contributed by atoms with van der Waals surface area (Å²) in [4.78, 5) is 25.7. The average Bonchev–Trinajstić information content (AvgIpc) is 3.29. The molecule has 0 bridgehead atoms. The third-order valence-electron chi connectivity index (χ3n) is 4.51. The number of amides is 1. The van der Waals surface area contributed by atoms with Crippen LogP contribution in [0.15, 0.2) is 30.7 Å². The van der Waals surface area contributed by atoms with Crippen LogP contribution in [0.1, 0.15) is 39.7 Å². The highest BCUT2D eigenvalue weighted by Gasteiger charge is 2.28. The largest absolute Gasteiger partial charge is 0.476 e. The summed E-state index contributed by atoms with van der Waals surface area (Å²) < 4.78 is 3.10. The number of carbonyl (C=O) groups excluding carboxylic acids is 1. The van der Waals surface area contributed by atoms with Crippen LogP contribution in [0.2, 0.25) is 5.02 Å². The van der Waals surface area contributed by atoms with E-state index < -0.39 is 5.97 Å². The smallest absolute Gasteiger partial charge is 0.358 e. The van der Waals surface area contributed by atoms with Gasteiger partial charge >= 0.3 is 5.97 Å². The minimum atomic E-state index is -1.12. The van der Waals surface area contributed by atoms with Crippen LogP contribution in [0.3, 0.4) is 0 Å². The van der Waals surface area contributed by atoms with Crippen molar-refractivity contribution in [2.24, 2.45) is 0 Å². The molecule has 4 heterocycles. The van der Waals surface area contributed by atoms with Crippen molar-refractivity contribution in [2.75, 3.05) is 13.1 Å². The van der Waals surface area contributed by atoms with Crippen LogP contribution in [0.4, 0.5) is 0 Å². The van der Waals surface area contributed by atoms with E-state index in [1.54, 1.807) is 27.7 Å². The molecule has 4 rings (SSSR count). The molecule has 1 aliphatic heterocycles. The van der Waals surface area contributed by atoms with E-state index >= 15 is 0 Å². The molecule has 1 saturated heterocycles. The summed E-state index contributed by atoms with van der Waals surface area (Å²) in [7, 11) is 0. The summed E-state index contributed by atoms with van der Waals surface area (Å²) in [6.45, 7) is 1.03. The van der Waals surface area contributed by atoms with E-state index in [1.807, 2.05) is 0 Å². The molecule has 1 fully saturated rings. The lowest BCUT2D eigenvalue weighted by molar-refractivity contribution is 0.0667. The lowest BCUT2D eigenvalue weighted by Crippen LogP contribution is -2.40. The molecule has 1 N–H and O–H groups in total. The molecule has 0 aromatic carbocycles. The van der Waals surface area contributed by atoms with Crippen molar-refractivity contribution in [1.29, 1.82) is 0 Å². The molecule has 0 aliphatic carbocycles. The van der Waals surface area contributed by atoms with Crippen molar-refractivity contribution in [2.45, 2.75) is 18.9 Å². The molecule has 1 atom stereocenters. The Hall–Kier alpha value is -2.94. The fraction of sp³-hybridized carbons (Fsp3) is 0.312. The first-order valence-corrected chi connectivity index (χ1v) is 8.48. The predicted molar refractivity (Wildman–Crippen MR) is 91.4 cm³/mol. The first-order chi connectivity index (χ1) is 12.5. The number of carbonyl (C=O) groups is 2. The Bertz CT molecular complexity index is 997. The fourth-order valence-corrected chi connectivity index (χ4v) is 3.50. The van der Waals surface area contributed by atoms with Gasteiger partial charge in [0.25, 0.3) is 5.91 Å². The van der Waals surface area contributed by atoms with E-state index in [2.05, 4.69) is 15.4 Å². The van der Waals surface area contributed by atoms with E-state index in [4.69, 9.17) is 16.7 Å². The Balaban J connectivity index is 1.59. The highest BCUT2D eigenvalue weighted by Crippen LogP contribution is 2.26. The van der Waals surface area contributed by atoms with E-state index in [9.17, 15) is 9.59 Å². The molecule has 1 aliphatic rings. The topological polar surface area (TPSA) is 106 Å². The van der Waals surface area contributed by atoms with Gasteiger partial charge in [0.2, 0.25) is 0 Å². The van der Waals surface area contributed by atoms with Crippen LogP contribution in [-0.2, 0) is 0 Å². The van der Waals surface area contributed by atoms with Gasteiger partial charge < -0.3 is 10.0 Å². The molecule has 0 saturated carbocycles. The lowest BCUT2D eigenvalue weighted by Gasteiger charge is -2.32. The van der Waals surface area contributed by atoms with Crippen molar-refractivity contribution in [3.05, 3.63) is 47.0 Å². The fourth-order valence-electron chi connectivity index (χ4n) is 3.24. The number of likely N-dealkylation sites (tertiary alicyclic amines) is 1. The number of carboxylic acid groups (broad SMARTS) is 1. The second-order valence-corrected chi connectivity index (χ2v) is 6.55. The summed E-state index contributed by atoms with van der Waals surface area (Å²) >= 11 is 6.23. The molecule has 1 unspecified atom stereocenters. The van der Waals surface area contributed by atoms with Crippen LogP contribution in [0.25, 0.3) is 5.52 Å². The van der Waals surface area contributed by atoms with Crippen molar-refractivity contribution < 1.29 is 14.7 Å². The number of aromatic carboxylic acids is 1. The first-order valence-electron chi connectivity index (χ1n) is 8.11. The highest BCUT2D eigenvalue weighted by molar-refractivity contribution is 6.34. The minimum absolute atomic E-state index is 0.108. The molecule has 134 valence electrons.